The Kier molecular flexibility index (Phi) is 8.61. The molecule has 0 fully saturated rings. The number of benzene rings is 11. The summed E-state index contributed by atoms with van der Waals surface area (Å²) in [5.74, 6) is 0. The Hall–Kier alpha value is -10.1. The Balaban J connectivity index is 1.24. The number of nitriles is 2. The van der Waals surface area contributed by atoms with E-state index in [1.54, 1.807) is 0 Å². The maximum absolute atomic E-state index is 12.4. The number of nitrogens with zero attached hydrogens (tertiary/aromatic N) is 6. The van der Waals surface area contributed by atoms with Gasteiger partial charge in [0.05, 0.1) is 61.2 Å². The highest BCUT2D eigenvalue weighted by Crippen LogP contribution is 2.51. The van der Waals surface area contributed by atoms with Crippen LogP contribution in [0.2, 0.25) is 0 Å². The average molecular weight is 929 g/mol. The Morgan fingerprint density at radius 3 is 1.21 bits per heavy atom. The Morgan fingerprint density at radius 1 is 0.301 bits per heavy atom. The minimum absolute atomic E-state index is 0.391. The molecule has 0 saturated heterocycles. The summed E-state index contributed by atoms with van der Waals surface area (Å²) in [6.45, 7) is 2.09. The molecular weight excluding hydrogens is 889 g/mol. The highest BCUT2D eigenvalue weighted by Gasteiger charge is 2.34. The maximum atomic E-state index is 12.4. The van der Waals surface area contributed by atoms with Gasteiger partial charge in [-0.3, -0.25) is 0 Å². The lowest BCUT2D eigenvalue weighted by atomic mass is 9.91. The van der Waals surface area contributed by atoms with E-state index >= 15 is 0 Å². The number of hydrogen-bond acceptors (Lipinski definition) is 2. The molecule has 6 heteroatoms. The van der Waals surface area contributed by atoms with Crippen molar-refractivity contribution in [3.05, 3.63) is 241 Å². The highest BCUT2D eigenvalue weighted by atomic mass is 15.1. The number of rotatable bonds is 5. The van der Waals surface area contributed by atoms with Crippen LogP contribution in [-0.2, 0) is 0 Å². The van der Waals surface area contributed by atoms with Crippen molar-refractivity contribution in [1.82, 2.24) is 18.3 Å². The first-order valence-corrected chi connectivity index (χ1v) is 24.6. The van der Waals surface area contributed by atoms with Crippen LogP contribution in [0.15, 0.2) is 224 Å². The van der Waals surface area contributed by atoms with Crippen LogP contribution in [0.5, 0.6) is 0 Å². The van der Waals surface area contributed by atoms with E-state index in [1.165, 1.54) is 0 Å². The number of aryl methyl sites for hydroxylation is 1. The monoisotopic (exact) mass is 928 g/mol. The molecule has 0 radical (unpaired) electrons. The summed E-state index contributed by atoms with van der Waals surface area (Å²) >= 11 is 0. The molecular formula is C67H40N6. The Bertz CT molecular complexity index is 4670. The van der Waals surface area contributed by atoms with Gasteiger partial charge in [0.25, 0.3) is 0 Å². The van der Waals surface area contributed by atoms with Crippen molar-refractivity contribution in [3.63, 3.8) is 0 Å². The molecule has 6 nitrogen and oxygen atoms in total. The molecule has 338 valence electrons. The molecule has 73 heavy (non-hydrogen) atoms. The molecule has 0 aliphatic heterocycles. The van der Waals surface area contributed by atoms with E-state index in [1.807, 2.05) is 0 Å². The molecule has 0 amide bonds. The van der Waals surface area contributed by atoms with Gasteiger partial charge in [0.2, 0.25) is 0 Å². The first kappa shape index (κ1) is 40.7. The van der Waals surface area contributed by atoms with Crippen LogP contribution in [0.3, 0.4) is 0 Å². The topological polar surface area (TPSA) is 67.3 Å². The van der Waals surface area contributed by atoms with Gasteiger partial charge in [0.15, 0.2) is 0 Å². The van der Waals surface area contributed by atoms with E-state index in [-0.39, 0.29) is 0 Å². The van der Waals surface area contributed by atoms with E-state index < -0.39 is 0 Å². The molecule has 0 saturated carbocycles. The summed E-state index contributed by atoms with van der Waals surface area (Å²) in [6.07, 6.45) is 0. The number of aromatic nitrogens is 4. The van der Waals surface area contributed by atoms with Gasteiger partial charge >= 0.3 is 0 Å². The summed E-state index contributed by atoms with van der Waals surface area (Å²) in [5.41, 5.74) is 14.4. The lowest BCUT2D eigenvalue weighted by molar-refractivity contribution is 1.08. The molecule has 0 unspecified atom stereocenters. The van der Waals surface area contributed by atoms with E-state index in [9.17, 15) is 10.5 Å². The van der Waals surface area contributed by atoms with E-state index in [2.05, 4.69) is 262 Å². The van der Waals surface area contributed by atoms with E-state index in [4.69, 9.17) is 0 Å². The van der Waals surface area contributed by atoms with Crippen LogP contribution < -0.4 is 0 Å². The number of para-hydroxylation sites is 6. The normalized spacial score (nSPS) is 11.9. The molecule has 0 spiro atoms. The lowest BCUT2D eigenvalue weighted by Crippen LogP contribution is -2.14. The fraction of sp³-hybridized carbons (Fsp3) is 0.0149. The molecule has 0 aliphatic rings. The van der Waals surface area contributed by atoms with Crippen LogP contribution >= 0.6 is 0 Å². The van der Waals surface area contributed by atoms with Crippen molar-refractivity contribution < 1.29 is 0 Å². The third kappa shape index (κ3) is 5.55. The highest BCUT2D eigenvalue weighted by molar-refractivity contribution is 6.33. The molecule has 0 bridgehead atoms. The molecule has 4 heterocycles. The minimum Gasteiger partial charge on any atom is -0.309 e. The molecule has 0 N–H and O–H groups in total. The third-order valence-corrected chi connectivity index (χ3v) is 15.3. The van der Waals surface area contributed by atoms with Gasteiger partial charge in [0, 0.05) is 54.3 Å². The molecule has 15 rings (SSSR count). The average Bonchev–Trinajstić information content (AvgIpc) is 4.24. The minimum atomic E-state index is 0.391. The fourth-order valence-corrected chi connectivity index (χ4v) is 12.3. The zero-order valence-electron chi connectivity index (χ0n) is 39.5. The first-order chi connectivity index (χ1) is 36.1. The summed E-state index contributed by atoms with van der Waals surface area (Å²) < 4.78 is 9.18. The van der Waals surface area contributed by atoms with Crippen molar-refractivity contribution in [1.29, 1.82) is 10.5 Å². The largest absolute Gasteiger partial charge is 0.309 e. The SMILES string of the molecule is Cc1ccc(-c2c(-n3c4ccccc4c4ccccc43)c(C#N)c(-n3c4ccc5ccccc5c4c4c5c6ccccc6n(-c6ccccc6)c5ccc43)c(C#N)c2-n2c3ccccc3c3ccccc32)cc1. The zero-order valence-corrected chi connectivity index (χ0v) is 39.5. The van der Waals surface area contributed by atoms with Gasteiger partial charge in [-0.2, -0.15) is 10.5 Å². The predicted octanol–water partition coefficient (Wildman–Crippen LogP) is 16.9. The van der Waals surface area contributed by atoms with Crippen LogP contribution in [-0.4, -0.2) is 18.3 Å². The van der Waals surface area contributed by atoms with Crippen molar-refractivity contribution in [2.75, 3.05) is 0 Å². The second kappa shape index (κ2) is 15.4. The smallest absolute Gasteiger partial charge is 0.104 e. The van der Waals surface area contributed by atoms with Gasteiger partial charge in [-0.05, 0) is 83.9 Å². The van der Waals surface area contributed by atoms with Crippen molar-refractivity contribution in [3.8, 4) is 46.0 Å². The second-order valence-electron chi connectivity index (χ2n) is 19.1. The van der Waals surface area contributed by atoms with Gasteiger partial charge in [-0.1, -0.05) is 169 Å². The molecule has 4 aromatic heterocycles. The molecule has 15 aromatic rings. The van der Waals surface area contributed by atoms with Gasteiger partial charge < -0.3 is 18.3 Å². The quantitative estimate of drug-likeness (QED) is 0.173. The van der Waals surface area contributed by atoms with Crippen LogP contribution in [0.1, 0.15) is 16.7 Å². The molecule has 0 atom stereocenters. The summed E-state index contributed by atoms with van der Waals surface area (Å²) in [7, 11) is 0. The number of fused-ring (bicyclic) bond motifs is 15. The Morgan fingerprint density at radius 2 is 0.685 bits per heavy atom. The van der Waals surface area contributed by atoms with Crippen molar-refractivity contribution >= 4 is 98.0 Å². The van der Waals surface area contributed by atoms with Crippen molar-refractivity contribution in [2.45, 2.75) is 6.92 Å². The van der Waals surface area contributed by atoms with Gasteiger partial charge in [0.1, 0.15) is 23.3 Å². The van der Waals surface area contributed by atoms with Crippen molar-refractivity contribution in [2.24, 2.45) is 0 Å². The maximum Gasteiger partial charge on any atom is 0.104 e. The zero-order chi connectivity index (χ0) is 48.5. The summed E-state index contributed by atoms with van der Waals surface area (Å²) in [6, 6.07) is 84.8. The van der Waals surface area contributed by atoms with E-state index in [0.29, 0.717) is 28.2 Å². The van der Waals surface area contributed by atoms with Gasteiger partial charge in [-0.15, -0.1) is 0 Å². The first-order valence-electron chi connectivity index (χ1n) is 24.6. The summed E-state index contributed by atoms with van der Waals surface area (Å²) in [4.78, 5) is 0. The standard InChI is InChI=1S/C67H40N6/c1-41-31-33-43(34-32-41)61-66(71-53-26-12-7-21-46(53)47-22-8-13-27-54(47)71)51(39-68)65(52(40-69)67(61)72-55-28-14-9-23-48(55)49-24-10-15-29-56(49)72)73-59-36-35-42-17-5-6-20-45(42)62(59)64-60(73)38-37-58-63(64)50-25-11-16-30-57(50)70(58)44-18-3-2-4-19-44/h2-38H,1H3. The lowest BCUT2D eigenvalue weighted by Gasteiger charge is -2.26. The van der Waals surface area contributed by atoms with Crippen LogP contribution in [0.4, 0.5) is 0 Å². The molecule has 0 aliphatic carbocycles. The number of hydrogen-bond donors (Lipinski definition) is 0. The van der Waals surface area contributed by atoms with Crippen LogP contribution in [0, 0.1) is 29.6 Å². The summed E-state index contributed by atoms with van der Waals surface area (Å²) in [5, 5.41) is 35.6. The Labute approximate surface area is 418 Å². The van der Waals surface area contributed by atoms with Gasteiger partial charge in [-0.25, -0.2) is 0 Å². The second-order valence-corrected chi connectivity index (χ2v) is 19.1. The fourth-order valence-electron chi connectivity index (χ4n) is 12.3. The predicted molar refractivity (Wildman–Crippen MR) is 301 cm³/mol. The van der Waals surface area contributed by atoms with Crippen LogP contribution in [0.25, 0.3) is 132 Å². The third-order valence-electron chi connectivity index (χ3n) is 15.3. The van der Waals surface area contributed by atoms with E-state index in [0.717, 1.165) is 120 Å². The molecule has 11 aromatic carbocycles.